The molecule has 1 aromatic carbocycles. The SMILES string of the molecule is CSCC(C)(O)CNC1CCc2cc(Br)ccc2C1. The maximum atomic E-state index is 10.2. The van der Waals surface area contributed by atoms with Crippen molar-refractivity contribution in [2.75, 3.05) is 18.6 Å². The van der Waals surface area contributed by atoms with Gasteiger partial charge in [0.15, 0.2) is 0 Å². The molecule has 2 atom stereocenters. The Balaban J connectivity index is 1.90. The number of rotatable bonds is 5. The number of aliphatic hydroxyl groups is 1. The van der Waals surface area contributed by atoms with Crippen molar-refractivity contribution in [2.24, 2.45) is 0 Å². The zero-order valence-corrected chi connectivity index (χ0v) is 14.0. The zero-order valence-electron chi connectivity index (χ0n) is 11.6. The van der Waals surface area contributed by atoms with Crippen LogP contribution in [0, 0.1) is 0 Å². The van der Waals surface area contributed by atoms with E-state index in [0.717, 1.165) is 25.0 Å². The summed E-state index contributed by atoms with van der Waals surface area (Å²) in [7, 11) is 0. The second kappa shape index (κ2) is 6.61. The molecule has 0 fully saturated rings. The number of hydrogen-bond acceptors (Lipinski definition) is 3. The van der Waals surface area contributed by atoms with Crippen molar-refractivity contribution in [2.45, 2.75) is 37.8 Å². The van der Waals surface area contributed by atoms with Crippen molar-refractivity contribution in [1.82, 2.24) is 5.32 Å². The standard InChI is InChI=1S/C15H22BrNOS/c1-15(18,10-19-2)9-17-14-6-4-11-7-13(16)5-3-12(11)8-14/h3,5,7,14,17-18H,4,6,8-10H2,1-2H3. The first-order valence-electron chi connectivity index (χ1n) is 6.72. The van der Waals surface area contributed by atoms with E-state index in [1.807, 2.05) is 13.2 Å². The van der Waals surface area contributed by atoms with Crippen LogP contribution in [0.3, 0.4) is 0 Å². The molecule has 1 aliphatic rings. The average molecular weight is 344 g/mol. The van der Waals surface area contributed by atoms with E-state index in [1.165, 1.54) is 15.6 Å². The lowest BCUT2D eigenvalue weighted by Crippen LogP contribution is -2.45. The van der Waals surface area contributed by atoms with Crippen molar-refractivity contribution in [3.63, 3.8) is 0 Å². The van der Waals surface area contributed by atoms with E-state index in [4.69, 9.17) is 0 Å². The second-order valence-electron chi connectivity index (χ2n) is 5.66. The highest BCUT2D eigenvalue weighted by molar-refractivity contribution is 9.10. The van der Waals surface area contributed by atoms with Gasteiger partial charge in [0.1, 0.15) is 0 Å². The van der Waals surface area contributed by atoms with Crippen LogP contribution in [-0.2, 0) is 12.8 Å². The third-order valence-electron chi connectivity index (χ3n) is 3.62. The highest BCUT2D eigenvalue weighted by Gasteiger charge is 2.23. The van der Waals surface area contributed by atoms with E-state index in [9.17, 15) is 5.11 Å². The number of fused-ring (bicyclic) bond motifs is 1. The molecule has 0 heterocycles. The predicted molar refractivity (Wildman–Crippen MR) is 87.0 cm³/mol. The largest absolute Gasteiger partial charge is 0.388 e. The van der Waals surface area contributed by atoms with E-state index in [0.29, 0.717) is 12.6 Å². The van der Waals surface area contributed by atoms with Gasteiger partial charge in [-0.1, -0.05) is 22.0 Å². The van der Waals surface area contributed by atoms with Crippen LogP contribution in [0.25, 0.3) is 0 Å². The molecule has 2 N–H and O–H groups in total. The fourth-order valence-corrected chi connectivity index (χ4v) is 3.76. The number of benzene rings is 1. The summed E-state index contributed by atoms with van der Waals surface area (Å²) >= 11 is 5.22. The van der Waals surface area contributed by atoms with Crippen molar-refractivity contribution in [1.29, 1.82) is 0 Å². The van der Waals surface area contributed by atoms with Gasteiger partial charge in [0, 0.05) is 22.8 Å². The van der Waals surface area contributed by atoms with Crippen LogP contribution in [0.5, 0.6) is 0 Å². The Kier molecular flexibility index (Phi) is 5.35. The molecule has 0 saturated carbocycles. The monoisotopic (exact) mass is 343 g/mol. The van der Waals surface area contributed by atoms with Crippen LogP contribution in [-0.4, -0.2) is 35.3 Å². The molecule has 2 rings (SSSR count). The van der Waals surface area contributed by atoms with Gasteiger partial charge in [-0.2, -0.15) is 11.8 Å². The van der Waals surface area contributed by atoms with E-state index >= 15 is 0 Å². The molecule has 19 heavy (non-hydrogen) atoms. The van der Waals surface area contributed by atoms with Crippen LogP contribution in [0.15, 0.2) is 22.7 Å². The van der Waals surface area contributed by atoms with Crippen molar-refractivity contribution in [3.8, 4) is 0 Å². The van der Waals surface area contributed by atoms with E-state index in [1.54, 1.807) is 11.8 Å². The molecule has 0 amide bonds. The summed E-state index contributed by atoms with van der Waals surface area (Å²) in [6.07, 6.45) is 5.37. The Morgan fingerprint density at radius 2 is 2.26 bits per heavy atom. The summed E-state index contributed by atoms with van der Waals surface area (Å²) in [6, 6.07) is 7.05. The first-order valence-corrected chi connectivity index (χ1v) is 8.91. The molecule has 0 aliphatic heterocycles. The predicted octanol–water partition coefficient (Wildman–Crippen LogP) is 3.01. The van der Waals surface area contributed by atoms with Gasteiger partial charge < -0.3 is 10.4 Å². The first-order chi connectivity index (χ1) is 9.00. The number of halogens is 1. The van der Waals surface area contributed by atoms with Gasteiger partial charge in [0.2, 0.25) is 0 Å². The molecule has 2 unspecified atom stereocenters. The molecule has 106 valence electrons. The fraction of sp³-hybridized carbons (Fsp3) is 0.600. The van der Waals surface area contributed by atoms with Gasteiger partial charge in [-0.05, 0) is 55.7 Å². The molecule has 1 aliphatic carbocycles. The fourth-order valence-electron chi connectivity index (χ4n) is 2.62. The van der Waals surface area contributed by atoms with Crippen LogP contribution >= 0.6 is 27.7 Å². The molecule has 0 spiro atoms. The molecule has 2 nitrogen and oxygen atoms in total. The van der Waals surface area contributed by atoms with Crippen LogP contribution < -0.4 is 5.32 Å². The molecule has 0 aromatic heterocycles. The van der Waals surface area contributed by atoms with Crippen LogP contribution in [0.1, 0.15) is 24.5 Å². The smallest absolute Gasteiger partial charge is 0.0833 e. The second-order valence-corrected chi connectivity index (χ2v) is 7.45. The normalized spacial score (nSPS) is 21.8. The average Bonchev–Trinajstić information content (AvgIpc) is 2.36. The molecular weight excluding hydrogens is 322 g/mol. The Labute approximate surface area is 128 Å². The highest BCUT2D eigenvalue weighted by atomic mass is 79.9. The summed E-state index contributed by atoms with van der Waals surface area (Å²) in [4.78, 5) is 0. The number of hydrogen-bond donors (Lipinski definition) is 2. The van der Waals surface area contributed by atoms with Gasteiger partial charge >= 0.3 is 0 Å². The van der Waals surface area contributed by atoms with Crippen molar-refractivity contribution in [3.05, 3.63) is 33.8 Å². The minimum absolute atomic E-state index is 0.488. The Morgan fingerprint density at radius 1 is 1.47 bits per heavy atom. The highest BCUT2D eigenvalue weighted by Crippen LogP contribution is 2.25. The molecular formula is C15H22BrNOS. The van der Waals surface area contributed by atoms with Gasteiger partial charge in [-0.15, -0.1) is 0 Å². The minimum atomic E-state index is -0.612. The van der Waals surface area contributed by atoms with Crippen LogP contribution in [0.4, 0.5) is 0 Å². The zero-order chi connectivity index (χ0) is 13.9. The van der Waals surface area contributed by atoms with E-state index in [-0.39, 0.29) is 0 Å². The molecule has 0 saturated heterocycles. The summed E-state index contributed by atoms with van der Waals surface area (Å²) in [5.41, 5.74) is 2.29. The molecule has 1 aromatic rings. The lowest BCUT2D eigenvalue weighted by Gasteiger charge is -2.30. The maximum Gasteiger partial charge on any atom is 0.0833 e. The van der Waals surface area contributed by atoms with E-state index in [2.05, 4.69) is 39.4 Å². The molecule has 4 heteroatoms. The summed E-state index contributed by atoms with van der Waals surface area (Å²) in [5, 5.41) is 13.7. The number of aryl methyl sites for hydroxylation is 1. The lowest BCUT2D eigenvalue weighted by atomic mass is 9.88. The van der Waals surface area contributed by atoms with Crippen LogP contribution in [0.2, 0.25) is 0 Å². The number of nitrogens with one attached hydrogen (secondary N) is 1. The van der Waals surface area contributed by atoms with Crippen molar-refractivity contribution >= 4 is 27.7 Å². The first kappa shape index (κ1) is 15.4. The lowest BCUT2D eigenvalue weighted by molar-refractivity contribution is 0.0807. The van der Waals surface area contributed by atoms with Gasteiger partial charge in [-0.25, -0.2) is 0 Å². The van der Waals surface area contributed by atoms with Gasteiger partial charge in [0.05, 0.1) is 5.60 Å². The third-order valence-corrected chi connectivity index (χ3v) is 5.03. The minimum Gasteiger partial charge on any atom is -0.388 e. The Hall–Kier alpha value is -0.0300. The summed E-state index contributed by atoms with van der Waals surface area (Å²) < 4.78 is 1.17. The summed E-state index contributed by atoms with van der Waals surface area (Å²) in [5.74, 6) is 0.774. The Morgan fingerprint density at radius 3 is 3.00 bits per heavy atom. The molecule has 0 bridgehead atoms. The van der Waals surface area contributed by atoms with Gasteiger partial charge in [-0.3, -0.25) is 0 Å². The van der Waals surface area contributed by atoms with Gasteiger partial charge in [0.25, 0.3) is 0 Å². The van der Waals surface area contributed by atoms with Crippen molar-refractivity contribution < 1.29 is 5.11 Å². The van der Waals surface area contributed by atoms with E-state index < -0.39 is 5.60 Å². The topological polar surface area (TPSA) is 32.3 Å². The molecule has 0 radical (unpaired) electrons. The quantitative estimate of drug-likeness (QED) is 0.861. The third kappa shape index (κ3) is 4.48. The number of thioether (sulfide) groups is 1. The maximum absolute atomic E-state index is 10.2. The summed E-state index contributed by atoms with van der Waals surface area (Å²) in [6.45, 7) is 2.58. The Bertz CT molecular complexity index is 436.